The standard InChI is InChI=1S/C11H25N3O2S/c1-7-12-10(14-9(2)3)13-8-11(4,5)17(6,15)16/h9H,7-8H2,1-6H3,(H2,12,13,14). The minimum atomic E-state index is -3.10. The van der Waals surface area contributed by atoms with Gasteiger partial charge in [-0.05, 0) is 34.6 Å². The average Bonchev–Trinajstić information content (AvgIpc) is 2.12. The zero-order valence-electron chi connectivity index (χ0n) is 11.7. The summed E-state index contributed by atoms with van der Waals surface area (Å²) >= 11 is 0. The van der Waals surface area contributed by atoms with Crippen LogP contribution in [0.25, 0.3) is 0 Å². The fourth-order valence-corrected chi connectivity index (χ4v) is 1.28. The summed E-state index contributed by atoms with van der Waals surface area (Å²) in [6.45, 7) is 10.4. The molecular formula is C11H25N3O2S. The highest BCUT2D eigenvalue weighted by atomic mass is 32.2. The van der Waals surface area contributed by atoms with Gasteiger partial charge >= 0.3 is 0 Å². The summed E-state index contributed by atoms with van der Waals surface area (Å²) in [5, 5.41) is 6.23. The first-order valence-corrected chi connectivity index (χ1v) is 7.73. The van der Waals surface area contributed by atoms with Crippen LogP contribution in [0.3, 0.4) is 0 Å². The van der Waals surface area contributed by atoms with Crippen molar-refractivity contribution in [3.8, 4) is 0 Å². The third-order valence-electron chi connectivity index (χ3n) is 2.39. The summed E-state index contributed by atoms with van der Waals surface area (Å²) in [5.74, 6) is 0.652. The van der Waals surface area contributed by atoms with E-state index in [0.29, 0.717) is 5.96 Å². The Balaban J connectivity index is 4.75. The molecule has 0 aromatic heterocycles. The molecule has 5 nitrogen and oxygen atoms in total. The van der Waals surface area contributed by atoms with E-state index in [1.807, 2.05) is 20.8 Å². The van der Waals surface area contributed by atoms with Gasteiger partial charge < -0.3 is 10.6 Å². The van der Waals surface area contributed by atoms with Crippen LogP contribution in [-0.2, 0) is 9.84 Å². The Hall–Kier alpha value is -0.780. The minimum Gasteiger partial charge on any atom is -0.357 e. The largest absolute Gasteiger partial charge is 0.357 e. The summed E-state index contributed by atoms with van der Waals surface area (Å²) in [4.78, 5) is 4.31. The van der Waals surface area contributed by atoms with Crippen molar-refractivity contribution in [3.63, 3.8) is 0 Å². The van der Waals surface area contributed by atoms with Crippen molar-refractivity contribution in [1.29, 1.82) is 0 Å². The normalized spacial score (nSPS) is 13.9. The fourth-order valence-electron chi connectivity index (χ4n) is 0.980. The molecule has 0 fully saturated rings. The Morgan fingerprint density at radius 3 is 2.24 bits per heavy atom. The van der Waals surface area contributed by atoms with E-state index in [1.54, 1.807) is 13.8 Å². The maximum absolute atomic E-state index is 11.5. The van der Waals surface area contributed by atoms with E-state index < -0.39 is 14.6 Å². The van der Waals surface area contributed by atoms with Gasteiger partial charge in [-0.25, -0.2) is 8.42 Å². The SMILES string of the molecule is CCNC(=NCC(C)(C)S(C)(=O)=O)NC(C)C. The van der Waals surface area contributed by atoms with E-state index in [1.165, 1.54) is 6.26 Å². The molecule has 2 N–H and O–H groups in total. The van der Waals surface area contributed by atoms with Crippen LogP contribution in [0.15, 0.2) is 4.99 Å². The average molecular weight is 263 g/mol. The first-order valence-electron chi connectivity index (χ1n) is 5.84. The number of guanidine groups is 1. The van der Waals surface area contributed by atoms with Gasteiger partial charge in [0.2, 0.25) is 0 Å². The van der Waals surface area contributed by atoms with Crippen LogP contribution in [0, 0.1) is 0 Å². The van der Waals surface area contributed by atoms with E-state index in [2.05, 4.69) is 15.6 Å². The van der Waals surface area contributed by atoms with E-state index in [0.717, 1.165) is 6.54 Å². The Morgan fingerprint density at radius 1 is 1.35 bits per heavy atom. The Labute approximate surface area is 105 Å². The maximum Gasteiger partial charge on any atom is 0.191 e. The highest BCUT2D eigenvalue weighted by Gasteiger charge is 2.29. The zero-order chi connectivity index (χ0) is 13.7. The summed E-state index contributed by atoms with van der Waals surface area (Å²) in [7, 11) is -3.10. The molecule has 0 saturated carbocycles. The summed E-state index contributed by atoms with van der Waals surface area (Å²) in [6, 6.07) is 0.258. The molecule has 0 aromatic rings. The van der Waals surface area contributed by atoms with Crippen molar-refractivity contribution in [2.24, 2.45) is 4.99 Å². The van der Waals surface area contributed by atoms with Crippen molar-refractivity contribution < 1.29 is 8.42 Å². The lowest BCUT2D eigenvalue weighted by molar-refractivity contribution is 0.554. The Morgan fingerprint density at radius 2 is 1.88 bits per heavy atom. The van der Waals surface area contributed by atoms with Crippen LogP contribution in [0.5, 0.6) is 0 Å². The maximum atomic E-state index is 11.5. The minimum absolute atomic E-state index is 0.244. The van der Waals surface area contributed by atoms with Crippen LogP contribution in [0.1, 0.15) is 34.6 Å². The van der Waals surface area contributed by atoms with E-state index in [4.69, 9.17) is 0 Å². The monoisotopic (exact) mass is 263 g/mol. The summed E-state index contributed by atoms with van der Waals surface area (Å²) in [6.07, 6.45) is 1.24. The highest BCUT2D eigenvalue weighted by Crippen LogP contribution is 2.14. The van der Waals surface area contributed by atoms with Gasteiger partial charge in [0.1, 0.15) is 0 Å². The third kappa shape index (κ3) is 5.91. The van der Waals surface area contributed by atoms with Gasteiger partial charge in [0.05, 0.1) is 11.3 Å². The van der Waals surface area contributed by atoms with Gasteiger partial charge in [-0.3, -0.25) is 4.99 Å². The van der Waals surface area contributed by atoms with Gasteiger partial charge in [0.15, 0.2) is 15.8 Å². The highest BCUT2D eigenvalue weighted by molar-refractivity contribution is 7.92. The second kappa shape index (κ2) is 6.23. The first-order chi connectivity index (χ1) is 7.60. The molecule has 0 heterocycles. The lowest BCUT2D eigenvalue weighted by Crippen LogP contribution is -2.43. The van der Waals surface area contributed by atoms with Gasteiger partial charge in [0, 0.05) is 18.8 Å². The van der Waals surface area contributed by atoms with Crippen molar-refractivity contribution in [3.05, 3.63) is 0 Å². The molecule has 0 bridgehead atoms. The Bertz CT molecular complexity index is 359. The lowest BCUT2D eigenvalue weighted by atomic mass is 10.2. The summed E-state index contributed by atoms with van der Waals surface area (Å²) in [5.41, 5.74) is 0. The third-order valence-corrected chi connectivity index (χ3v) is 4.53. The van der Waals surface area contributed by atoms with Crippen molar-refractivity contribution in [2.45, 2.75) is 45.4 Å². The molecule has 102 valence electrons. The second-order valence-electron chi connectivity index (χ2n) is 5.03. The molecule has 0 spiro atoms. The number of hydrogen-bond donors (Lipinski definition) is 2. The molecule has 0 aliphatic rings. The molecule has 0 saturated heterocycles. The van der Waals surface area contributed by atoms with Crippen molar-refractivity contribution in [1.82, 2.24) is 10.6 Å². The van der Waals surface area contributed by atoms with E-state index >= 15 is 0 Å². The number of rotatable bonds is 5. The smallest absolute Gasteiger partial charge is 0.191 e. The number of sulfone groups is 1. The molecule has 0 amide bonds. The van der Waals surface area contributed by atoms with Gasteiger partial charge in [0.25, 0.3) is 0 Å². The molecule has 0 radical (unpaired) electrons. The fraction of sp³-hybridized carbons (Fsp3) is 0.909. The first kappa shape index (κ1) is 16.2. The van der Waals surface area contributed by atoms with E-state index in [-0.39, 0.29) is 12.6 Å². The molecule has 0 aliphatic heterocycles. The molecule has 0 atom stereocenters. The van der Waals surface area contributed by atoms with Crippen molar-refractivity contribution in [2.75, 3.05) is 19.3 Å². The molecule has 0 aliphatic carbocycles. The summed E-state index contributed by atoms with van der Waals surface area (Å²) < 4.78 is 22.2. The number of hydrogen-bond acceptors (Lipinski definition) is 3. The molecule has 6 heteroatoms. The number of nitrogens with zero attached hydrogens (tertiary/aromatic N) is 1. The lowest BCUT2D eigenvalue weighted by Gasteiger charge is -2.21. The van der Waals surface area contributed by atoms with Crippen LogP contribution < -0.4 is 10.6 Å². The molecule has 0 unspecified atom stereocenters. The number of nitrogens with one attached hydrogen (secondary N) is 2. The predicted molar refractivity (Wildman–Crippen MR) is 73.2 cm³/mol. The van der Waals surface area contributed by atoms with Crippen LogP contribution >= 0.6 is 0 Å². The number of aliphatic imine (C=N–C) groups is 1. The Kier molecular flexibility index (Phi) is 5.95. The molecule has 0 aromatic carbocycles. The van der Waals surface area contributed by atoms with Crippen molar-refractivity contribution >= 4 is 15.8 Å². The van der Waals surface area contributed by atoms with Crippen LogP contribution in [0.2, 0.25) is 0 Å². The molecular weight excluding hydrogens is 238 g/mol. The predicted octanol–water partition coefficient (Wildman–Crippen LogP) is 0.773. The van der Waals surface area contributed by atoms with E-state index in [9.17, 15) is 8.42 Å². The quantitative estimate of drug-likeness (QED) is 0.568. The van der Waals surface area contributed by atoms with Gasteiger partial charge in [-0.1, -0.05) is 0 Å². The zero-order valence-corrected chi connectivity index (χ0v) is 12.5. The molecule has 0 rings (SSSR count). The molecule has 17 heavy (non-hydrogen) atoms. The van der Waals surface area contributed by atoms with Crippen LogP contribution in [0.4, 0.5) is 0 Å². The van der Waals surface area contributed by atoms with Gasteiger partial charge in [-0.2, -0.15) is 0 Å². The topological polar surface area (TPSA) is 70.6 Å². The van der Waals surface area contributed by atoms with Gasteiger partial charge in [-0.15, -0.1) is 0 Å². The second-order valence-corrected chi connectivity index (χ2v) is 7.68. The van der Waals surface area contributed by atoms with Crippen LogP contribution in [-0.4, -0.2) is 44.5 Å².